The second kappa shape index (κ2) is 5.48. The summed E-state index contributed by atoms with van der Waals surface area (Å²) in [6.07, 6.45) is 1.73. The fourth-order valence-electron chi connectivity index (χ4n) is 1.97. The van der Waals surface area contributed by atoms with Crippen LogP contribution in [0.3, 0.4) is 0 Å². The number of carbonyl (C=O) groups is 2. The van der Waals surface area contributed by atoms with Crippen LogP contribution in [-0.4, -0.2) is 39.1 Å². The van der Waals surface area contributed by atoms with Crippen molar-refractivity contribution in [3.05, 3.63) is 34.4 Å². The van der Waals surface area contributed by atoms with Gasteiger partial charge in [-0.1, -0.05) is 6.92 Å². The first-order chi connectivity index (χ1) is 9.04. The van der Waals surface area contributed by atoms with E-state index in [1.807, 2.05) is 6.92 Å². The molecule has 2 atom stereocenters. The third-order valence-corrected chi connectivity index (χ3v) is 4.36. The zero-order valence-corrected chi connectivity index (χ0v) is 11.1. The third-order valence-electron chi connectivity index (χ3n) is 2.91. The Balaban J connectivity index is 2.30. The Kier molecular flexibility index (Phi) is 3.94. The number of rotatable bonds is 3. The fraction of sp³-hybridized carbons (Fsp3) is 0.417. The van der Waals surface area contributed by atoms with Gasteiger partial charge in [0.25, 0.3) is 5.91 Å². The van der Waals surface area contributed by atoms with Gasteiger partial charge in [0.05, 0.1) is 10.9 Å². The zero-order chi connectivity index (χ0) is 14.0. The largest absolute Gasteiger partial charge is 0.480 e. The van der Waals surface area contributed by atoms with Crippen LogP contribution in [0.25, 0.3) is 0 Å². The summed E-state index contributed by atoms with van der Waals surface area (Å²) in [7, 11) is 0. The molecule has 1 N–H and O–H groups in total. The molecule has 0 radical (unpaired) electrons. The van der Waals surface area contributed by atoms with Gasteiger partial charge in [-0.25, -0.2) is 9.59 Å². The van der Waals surface area contributed by atoms with Gasteiger partial charge < -0.3 is 14.4 Å². The SMILES string of the molecule is CCC1SCC(C(=O)O)N1C(=O)c1ccc(=O)oc1. The van der Waals surface area contributed by atoms with Crippen LogP contribution in [0.2, 0.25) is 0 Å². The van der Waals surface area contributed by atoms with Gasteiger partial charge in [-0.15, -0.1) is 11.8 Å². The Labute approximate surface area is 113 Å². The van der Waals surface area contributed by atoms with Gasteiger partial charge in [0, 0.05) is 11.8 Å². The predicted octanol–water partition coefficient (Wildman–Crippen LogP) is 1.02. The molecule has 7 heteroatoms. The summed E-state index contributed by atoms with van der Waals surface area (Å²) >= 11 is 1.44. The molecule has 1 aliphatic rings. The number of nitrogens with zero attached hydrogens (tertiary/aromatic N) is 1. The van der Waals surface area contributed by atoms with Crippen molar-refractivity contribution < 1.29 is 19.1 Å². The maximum atomic E-state index is 12.3. The van der Waals surface area contributed by atoms with Gasteiger partial charge in [-0.3, -0.25) is 4.79 Å². The molecular weight excluding hydrogens is 270 g/mol. The van der Waals surface area contributed by atoms with Crippen molar-refractivity contribution in [2.24, 2.45) is 0 Å². The van der Waals surface area contributed by atoms with Gasteiger partial charge in [0.2, 0.25) is 0 Å². The molecule has 2 unspecified atom stereocenters. The van der Waals surface area contributed by atoms with Gasteiger partial charge in [0.15, 0.2) is 0 Å². The monoisotopic (exact) mass is 283 g/mol. The lowest BCUT2D eigenvalue weighted by atomic mass is 10.2. The standard InChI is InChI=1S/C12H13NO5S/c1-2-9-13(8(6-19-9)12(16)17)11(15)7-3-4-10(14)18-5-7/h3-5,8-9H,2,6H2,1H3,(H,16,17). The minimum absolute atomic E-state index is 0.166. The Hall–Kier alpha value is -1.76. The van der Waals surface area contributed by atoms with E-state index in [2.05, 4.69) is 4.42 Å². The molecule has 2 heterocycles. The van der Waals surface area contributed by atoms with Crippen molar-refractivity contribution in [2.75, 3.05) is 5.75 Å². The minimum atomic E-state index is -1.02. The van der Waals surface area contributed by atoms with Crippen molar-refractivity contribution >= 4 is 23.6 Å². The summed E-state index contributed by atoms with van der Waals surface area (Å²) < 4.78 is 4.65. The number of hydrogen-bond acceptors (Lipinski definition) is 5. The van der Waals surface area contributed by atoms with Gasteiger partial charge in [-0.2, -0.15) is 0 Å². The lowest BCUT2D eigenvalue weighted by molar-refractivity contribution is -0.141. The highest BCUT2D eigenvalue weighted by molar-refractivity contribution is 8.00. The summed E-state index contributed by atoms with van der Waals surface area (Å²) in [6, 6.07) is 1.66. The maximum absolute atomic E-state index is 12.3. The number of amides is 1. The van der Waals surface area contributed by atoms with Gasteiger partial charge in [0.1, 0.15) is 12.3 Å². The smallest absolute Gasteiger partial charge is 0.335 e. The number of thioether (sulfide) groups is 1. The lowest BCUT2D eigenvalue weighted by Crippen LogP contribution is -2.45. The minimum Gasteiger partial charge on any atom is -0.480 e. The molecule has 102 valence electrons. The quantitative estimate of drug-likeness (QED) is 0.891. The number of aliphatic carboxylic acids is 1. The Morgan fingerprint density at radius 1 is 1.53 bits per heavy atom. The van der Waals surface area contributed by atoms with Crippen molar-refractivity contribution in [1.82, 2.24) is 4.90 Å². The second-order valence-electron chi connectivity index (χ2n) is 4.11. The van der Waals surface area contributed by atoms with Crippen LogP contribution in [0.4, 0.5) is 0 Å². The molecule has 0 aromatic carbocycles. The number of carbonyl (C=O) groups excluding carboxylic acids is 1. The Morgan fingerprint density at radius 2 is 2.26 bits per heavy atom. The molecule has 0 saturated carbocycles. The Morgan fingerprint density at radius 3 is 2.79 bits per heavy atom. The van der Waals surface area contributed by atoms with E-state index in [1.54, 1.807) is 0 Å². The number of carboxylic acid groups (broad SMARTS) is 1. The van der Waals surface area contributed by atoms with Gasteiger partial charge in [-0.05, 0) is 12.5 Å². The normalized spacial score (nSPS) is 22.5. The van der Waals surface area contributed by atoms with E-state index in [1.165, 1.54) is 22.7 Å². The topological polar surface area (TPSA) is 87.8 Å². The molecule has 6 nitrogen and oxygen atoms in total. The first-order valence-electron chi connectivity index (χ1n) is 5.80. The summed E-state index contributed by atoms with van der Waals surface area (Å²) in [5.41, 5.74) is -0.360. The highest BCUT2D eigenvalue weighted by Gasteiger charge is 2.41. The molecule has 19 heavy (non-hydrogen) atoms. The van der Waals surface area contributed by atoms with Crippen LogP contribution in [0.5, 0.6) is 0 Å². The molecule has 1 fully saturated rings. The zero-order valence-electron chi connectivity index (χ0n) is 10.2. The fourth-order valence-corrected chi connectivity index (χ4v) is 3.32. The average Bonchev–Trinajstić information content (AvgIpc) is 2.82. The van der Waals surface area contributed by atoms with E-state index < -0.39 is 23.5 Å². The second-order valence-corrected chi connectivity index (χ2v) is 5.32. The predicted molar refractivity (Wildman–Crippen MR) is 69.1 cm³/mol. The van der Waals surface area contributed by atoms with Crippen LogP contribution in [-0.2, 0) is 4.79 Å². The summed E-state index contributed by atoms with van der Waals surface area (Å²) in [5.74, 6) is -1.07. The highest BCUT2D eigenvalue weighted by atomic mass is 32.2. The van der Waals surface area contributed by atoms with Crippen molar-refractivity contribution in [1.29, 1.82) is 0 Å². The molecule has 0 aliphatic carbocycles. The maximum Gasteiger partial charge on any atom is 0.335 e. The van der Waals surface area contributed by atoms with Crippen LogP contribution in [0.15, 0.2) is 27.6 Å². The summed E-state index contributed by atoms with van der Waals surface area (Å²) in [5, 5.41) is 8.99. The molecule has 2 rings (SSSR count). The van der Waals surface area contributed by atoms with E-state index in [4.69, 9.17) is 5.11 Å². The molecule has 0 bridgehead atoms. The van der Waals surface area contributed by atoms with E-state index in [9.17, 15) is 14.4 Å². The molecular formula is C12H13NO5S. The summed E-state index contributed by atoms with van der Waals surface area (Å²) in [6.45, 7) is 1.90. The molecule has 1 aliphatic heterocycles. The van der Waals surface area contributed by atoms with E-state index >= 15 is 0 Å². The number of carboxylic acids is 1. The van der Waals surface area contributed by atoms with Gasteiger partial charge >= 0.3 is 11.6 Å². The van der Waals surface area contributed by atoms with E-state index in [-0.39, 0.29) is 10.9 Å². The molecule has 1 saturated heterocycles. The highest BCUT2D eigenvalue weighted by Crippen LogP contribution is 2.32. The lowest BCUT2D eigenvalue weighted by Gasteiger charge is -2.26. The average molecular weight is 283 g/mol. The van der Waals surface area contributed by atoms with Crippen molar-refractivity contribution in [3.63, 3.8) is 0 Å². The van der Waals surface area contributed by atoms with Crippen LogP contribution in [0, 0.1) is 0 Å². The molecule has 1 aromatic rings. The van der Waals surface area contributed by atoms with Crippen LogP contribution < -0.4 is 5.63 Å². The van der Waals surface area contributed by atoms with E-state index in [0.717, 1.165) is 12.3 Å². The molecule has 1 amide bonds. The van der Waals surface area contributed by atoms with E-state index in [0.29, 0.717) is 12.2 Å². The first kappa shape index (κ1) is 13.7. The first-order valence-corrected chi connectivity index (χ1v) is 6.85. The van der Waals surface area contributed by atoms with Crippen molar-refractivity contribution in [3.8, 4) is 0 Å². The Bertz CT molecular complexity index is 535. The molecule has 0 spiro atoms. The summed E-state index contributed by atoms with van der Waals surface area (Å²) in [4.78, 5) is 35.7. The third kappa shape index (κ3) is 2.65. The van der Waals surface area contributed by atoms with Crippen LogP contribution >= 0.6 is 11.8 Å². The van der Waals surface area contributed by atoms with Crippen molar-refractivity contribution in [2.45, 2.75) is 24.8 Å². The molecule has 1 aromatic heterocycles. The van der Waals surface area contributed by atoms with Crippen LogP contribution in [0.1, 0.15) is 23.7 Å². The number of hydrogen-bond donors (Lipinski definition) is 1.